The molecule has 0 aliphatic carbocycles. The highest BCUT2D eigenvalue weighted by Crippen LogP contribution is 2.02. The maximum Gasteiger partial charge on any atom is 0.263 e. The van der Waals surface area contributed by atoms with Gasteiger partial charge in [0.05, 0.1) is 13.2 Å². The summed E-state index contributed by atoms with van der Waals surface area (Å²) in [7, 11) is 0. The first-order valence-electron chi connectivity index (χ1n) is 7.38. The Morgan fingerprint density at radius 2 is 2.05 bits per heavy atom. The molecule has 0 spiro atoms. The highest BCUT2D eigenvalue weighted by atomic mass is 16.5. The van der Waals surface area contributed by atoms with Crippen molar-refractivity contribution in [2.24, 2.45) is 0 Å². The summed E-state index contributed by atoms with van der Waals surface area (Å²) in [6.45, 7) is 11.0. The second-order valence-corrected chi connectivity index (χ2v) is 6.14. The van der Waals surface area contributed by atoms with Gasteiger partial charge in [0.2, 0.25) is 0 Å². The number of morpholine rings is 1. The fourth-order valence-electron chi connectivity index (χ4n) is 1.96. The van der Waals surface area contributed by atoms with Gasteiger partial charge < -0.3 is 15.4 Å². The van der Waals surface area contributed by atoms with Crippen LogP contribution in [0.2, 0.25) is 0 Å². The number of nitriles is 1. The summed E-state index contributed by atoms with van der Waals surface area (Å²) in [5, 5.41) is 14.8. The van der Waals surface area contributed by atoms with E-state index in [9.17, 15) is 4.79 Å². The maximum atomic E-state index is 11.8. The number of carbonyl (C=O) groups is 1. The minimum atomic E-state index is -0.344. The Bertz CT molecular complexity index is 401. The molecule has 1 aliphatic heterocycles. The van der Waals surface area contributed by atoms with Crippen LogP contribution >= 0.6 is 0 Å². The Labute approximate surface area is 127 Å². The smallest absolute Gasteiger partial charge is 0.263 e. The average molecular weight is 294 g/mol. The van der Waals surface area contributed by atoms with Crippen LogP contribution < -0.4 is 10.6 Å². The van der Waals surface area contributed by atoms with Crippen LogP contribution in [0.25, 0.3) is 0 Å². The fraction of sp³-hybridized carbons (Fsp3) is 0.733. The van der Waals surface area contributed by atoms with Crippen LogP contribution in [0.3, 0.4) is 0 Å². The molecule has 0 radical (unpaired) electrons. The zero-order valence-corrected chi connectivity index (χ0v) is 13.2. The fourth-order valence-corrected chi connectivity index (χ4v) is 1.96. The van der Waals surface area contributed by atoms with E-state index in [2.05, 4.69) is 15.5 Å². The minimum absolute atomic E-state index is 0.108. The van der Waals surface area contributed by atoms with Gasteiger partial charge in [-0.3, -0.25) is 9.69 Å². The van der Waals surface area contributed by atoms with Gasteiger partial charge in [0.1, 0.15) is 11.6 Å². The summed E-state index contributed by atoms with van der Waals surface area (Å²) in [6.07, 6.45) is 2.47. The molecule has 0 atom stereocenters. The molecular weight excluding hydrogens is 268 g/mol. The van der Waals surface area contributed by atoms with Crippen LogP contribution in [0.15, 0.2) is 11.8 Å². The van der Waals surface area contributed by atoms with E-state index in [1.807, 2.05) is 26.8 Å². The van der Waals surface area contributed by atoms with E-state index in [0.29, 0.717) is 0 Å². The number of carbonyl (C=O) groups excluding carboxylic acids is 1. The predicted octanol–water partition coefficient (Wildman–Crippen LogP) is 0.620. The van der Waals surface area contributed by atoms with Gasteiger partial charge in [-0.15, -0.1) is 0 Å². The maximum absolute atomic E-state index is 11.8. The average Bonchev–Trinajstić information content (AvgIpc) is 2.42. The standard InChI is InChI=1S/C15H26N4O2/c1-15(2,3)18-14(20)13(11-16)12-17-5-4-6-19-7-9-21-10-8-19/h12,17H,4-10H2,1-3H3,(H,18,20)/b13-12-. The van der Waals surface area contributed by atoms with Crippen molar-refractivity contribution in [2.75, 3.05) is 39.4 Å². The molecule has 118 valence electrons. The molecule has 0 aromatic carbocycles. The summed E-state index contributed by atoms with van der Waals surface area (Å²) in [5.41, 5.74) is -0.236. The molecule has 0 saturated carbocycles. The first kappa shape index (κ1) is 17.5. The first-order valence-corrected chi connectivity index (χ1v) is 7.38. The molecule has 1 saturated heterocycles. The van der Waals surface area contributed by atoms with E-state index in [4.69, 9.17) is 10.00 Å². The number of amides is 1. The predicted molar refractivity (Wildman–Crippen MR) is 81.5 cm³/mol. The molecule has 0 unspecified atom stereocenters. The minimum Gasteiger partial charge on any atom is -0.390 e. The van der Waals surface area contributed by atoms with Gasteiger partial charge in [-0.25, -0.2) is 0 Å². The van der Waals surface area contributed by atoms with Gasteiger partial charge in [0, 0.05) is 31.4 Å². The Hall–Kier alpha value is -1.58. The monoisotopic (exact) mass is 294 g/mol. The molecule has 2 N–H and O–H groups in total. The largest absolute Gasteiger partial charge is 0.390 e. The van der Waals surface area contributed by atoms with Crippen molar-refractivity contribution in [1.82, 2.24) is 15.5 Å². The first-order chi connectivity index (χ1) is 9.92. The van der Waals surface area contributed by atoms with Gasteiger partial charge in [-0.1, -0.05) is 0 Å². The van der Waals surface area contributed by atoms with Crippen molar-refractivity contribution in [3.8, 4) is 6.07 Å². The molecule has 1 rings (SSSR count). The number of hydrogen-bond acceptors (Lipinski definition) is 5. The summed E-state index contributed by atoms with van der Waals surface area (Å²) in [5.74, 6) is -0.342. The van der Waals surface area contributed by atoms with E-state index >= 15 is 0 Å². The van der Waals surface area contributed by atoms with E-state index in [1.54, 1.807) is 0 Å². The lowest BCUT2D eigenvalue weighted by Crippen LogP contribution is -2.41. The van der Waals surface area contributed by atoms with Gasteiger partial charge >= 0.3 is 0 Å². The molecule has 1 fully saturated rings. The molecule has 21 heavy (non-hydrogen) atoms. The Morgan fingerprint density at radius 3 is 2.62 bits per heavy atom. The van der Waals surface area contributed by atoms with Gasteiger partial charge in [0.15, 0.2) is 0 Å². The molecule has 6 heteroatoms. The molecule has 1 amide bonds. The van der Waals surface area contributed by atoms with E-state index < -0.39 is 0 Å². The molecule has 1 heterocycles. The molecule has 0 aromatic heterocycles. The second-order valence-electron chi connectivity index (χ2n) is 6.14. The number of nitrogens with zero attached hydrogens (tertiary/aromatic N) is 2. The van der Waals surface area contributed by atoms with Crippen LogP contribution in [-0.2, 0) is 9.53 Å². The van der Waals surface area contributed by atoms with Crippen LogP contribution in [0, 0.1) is 11.3 Å². The molecule has 0 bridgehead atoms. The summed E-state index contributed by atoms with van der Waals surface area (Å²) in [4.78, 5) is 14.2. The molecule has 6 nitrogen and oxygen atoms in total. The topological polar surface area (TPSA) is 77.4 Å². The Morgan fingerprint density at radius 1 is 1.38 bits per heavy atom. The van der Waals surface area contributed by atoms with Crippen molar-refractivity contribution in [3.05, 3.63) is 11.8 Å². The van der Waals surface area contributed by atoms with Crippen molar-refractivity contribution in [1.29, 1.82) is 5.26 Å². The highest BCUT2D eigenvalue weighted by Gasteiger charge is 2.17. The van der Waals surface area contributed by atoms with E-state index in [1.165, 1.54) is 6.20 Å². The zero-order valence-electron chi connectivity index (χ0n) is 13.2. The molecular formula is C15H26N4O2. The third-order valence-electron chi connectivity index (χ3n) is 3.00. The SMILES string of the molecule is CC(C)(C)NC(=O)/C(C#N)=C\NCCCN1CCOCC1. The van der Waals surface area contributed by atoms with E-state index in [0.717, 1.165) is 45.8 Å². The van der Waals surface area contributed by atoms with Gasteiger partial charge in [-0.05, 0) is 33.7 Å². The number of hydrogen-bond donors (Lipinski definition) is 2. The molecule has 0 aromatic rings. The quantitative estimate of drug-likeness (QED) is 0.427. The number of ether oxygens (including phenoxy) is 1. The summed E-state index contributed by atoms with van der Waals surface area (Å²) >= 11 is 0. The zero-order chi connectivity index (χ0) is 15.7. The summed E-state index contributed by atoms with van der Waals surface area (Å²) < 4.78 is 5.29. The number of rotatable bonds is 6. The summed E-state index contributed by atoms with van der Waals surface area (Å²) in [6, 6.07) is 1.92. The lowest BCUT2D eigenvalue weighted by Gasteiger charge is -2.26. The highest BCUT2D eigenvalue weighted by molar-refractivity contribution is 5.97. The third-order valence-corrected chi connectivity index (χ3v) is 3.00. The van der Waals surface area contributed by atoms with Crippen molar-refractivity contribution in [3.63, 3.8) is 0 Å². The lowest BCUT2D eigenvalue weighted by atomic mass is 10.1. The number of nitrogens with one attached hydrogen (secondary N) is 2. The Balaban J connectivity index is 2.26. The van der Waals surface area contributed by atoms with Gasteiger partial charge in [0.25, 0.3) is 5.91 Å². The van der Waals surface area contributed by atoms with Crippen LogP contribution in [0.5, 0.6) is 0 Å². The van der Waals surface area contributed by atoms with Gasteiger partial charge in [-0.2, -0.15) is 5.26 Å². The van der Waals surface area contributed by atoms with Crippen LogP contribution in [0.4, 0.5) is 0 Å². The lowest BCUT2D eigenvalue weighted by molar-refractivity contribution is -0.118. The second kappa shape index (κ2) is 8.65. The molecule has 1 aliphatic rings. The normalized spacial score (nSPS) is 17.1. The van der Waals surface area contributed by atoms with Crippen molar-refractivity contribution in [2.45, 2.75) is 32.7 Å². The van der Waals surface area contributed by atoms with E-state index in [-0.39, 0.29) is 17.0 Å². The van der Waals surface area contributed by atoms with Crippen molar-refractivity contribution < 1.29 is 9.53 Å². The van der Waals surface area contributed by atoms with Crippen LogP contribution in [-0.4, -0.2) is 55.7 Å². The van der Waals surface area contributed by atoms with Crippen LogP contribution in [0.1, 0.15) is 27.2 Å². The third kappa shape index (κ3) is 7.69. The Kier molecular flexibility index (Phi) is 7.20. The van der Waals surface area contributed by atoms with Crippen molar-refractivity contribution >= 4 is 5.91 Å².